The number of carbonyl (C=O) groups is 1. The Bertz CT molecular complexity index is 997. The van der Waals surface area contributed by atoms with Crippen LogP contribution < -0.4 is 5.32 Å². The molecule has 9 heteroatoms. The Morgan fingerprint density at radius 2 is 1.30 bits per heavy atom. The molecule has 3 N–H and O–H groups in total. The van der Waals surface area contributed by atoms with Crippen LogP contribution in [0.4, 0.5) is 0 Å². The number of carbonyl (C=O) groups excluding carboxylic acids is 1. The number of aliphatic hydroxyl groups excluding tert-OH is 1. The second-order valence-corrected chi connectivity index (χ2v) is 14.3. The van der Waals surface area contributed by atoms with Crippen molar-refractivity contribution in [3.8, 4) is 0 Å². The maximum absolute atomic E-state index is 12.7. The molecule has 0 bridgehead atoms. The van der Waals surface area contributed by atoms with Gasteiger partial charge in [-0.25, -0.2) is 4.57 Å². The smallest absolute Gasteiger partial charge is 0.387 e. The van der Waals surface area contributed by atoms with Crippen LogP contribution in [0.25, 0.3) is 0 Å². The molecule has 0 aromatic rings. The Morgan fingerprint density at radius 3 is 1.91 bits per heavy atom. The fraction of sp³-hybridized carbons (Fsp3) is 0.658. The van der Waals surface area contributed by atoms with Crippen molar-refractivity contribution in [3.05, 3.63) is 72.9 Å². The molecule has 0 aromatic carbocycles. The van der Waals surface area contributed by atoms with Gasteiger partial charge in [-0.05, 0) is 70.6 Å². The first-order valence-corrected chi connectivity index (χ1v) is 19.3. The lowest BCUT2D eigenvalue weighted by molar-refractivity contribution is -0.870. The van der Waals surface area contributed by atoms with E-state index in [1.54, 1.807) is 6.08 Å². The summed E-state index contributed by atoms with van der Waals surface area (Å²) in [5, 5.41) is 13.6. The van der Waals surface area contributed by atoms with Crippen molar-refractivity contribution in [3.63, 3.8) is 0 Å². The van der Waals surface area contributed by atoms with Crippen LogP contribution in [0.1, 0.15) is 110 Å². The van der Waals surface area contributed by atoms with E-state index in [0.717, 1.165) is 57.8 Å². The number of unbranched alkanes of at least 4 members (excludes halogenated alkanes) is 7. The zero-order valence-electron chi connectivity index (χ0n) is 30.2. The van der Waals surface area contributed by atoms with Gasteiger partial charge in [-0.15, -0.1) is 0 Å². The van der Waals surface area contributed by atoms with Crippen LogP contribution in [0.3, 0.4) is 0 Å². The van der Waals surface area contributed by atoms with Gasteiger partial charge in [-0.2, -0.15) is 0 Å². The summed E-state index contributed by atoms with van der Waals surface area (Å²) in [5.74, 6) is -0.235. The summed E-state index contributed by atoms with van der Waals surface area (Å²) in [7, 11) is 1.51. The molecule has 0 aliphatic carbocycles. The Balaban J connectivity index is 4.71. The highest BCUT2D eigenvalue weighted by atomic mass is 31.2. The topological polar surface area (TPSA) is 105 Å². The van der Waals surface area contributed by atoms with E-state index < -0.39 is 20.0 Å². The van der Waals surface area contributed by atoms with Gasteiger partial charge in [0.15, 0.2) is 0 Å². The summed E-state index contributed by atoms with van der Waals surface area (Å²) >= 11 is 0. The number of phosphoric acid groups is 1. The Labute approximate surface area is 287 Å². The Hall–Kier alpha value is -2.06. The number of aliphatic hydroxyl groups is 1. The predicted molar refractivity (Wildman–Crippen MR) is 198 cm³/mol. The van der Waals surface area contributed by atoms with Gasteiger partial charge in [0.1, 0.15) is 13.2 Å². The number of rotatable bonds is 30. The zero-order valence-corrected chi connectivity index (χ0v) is 31.1. The number of amides is 1. The van der Waals surface area contributed by atoms with Crippen molar-refractivity contribution in [2.24, 2.45) is 0 Å². The van der Waals surface area contributed by atoms with E-state index in [9.17, 15) is 19.4 Å². The van der Waals surface area contributed by atoms with Gasteiger partial charge >= 0.3 is 7.82 Å². The minimum atomic E-state index is -4.35. The molecular formula is C38H68N2O6P+. The van der Waals surface area contributed by atoms with Crippen LogP contribution in [0.15, 0.2) is 72.9 Å². The maximum atomic E-state index is 12.7. The second-order valence-electron chi connectivity index (χ2n) is 12.8. The molecule has 0 radical (unpaired) electrons. The SMILES string of the molecule is CC/C=C\C/C=C\C/C=C\C/C=C\CCCCC(=O)NC(COP(=O)(O)OCC[N+](C)(C)C)C(O)/C=C/CC/C=C/CCCCCC. The molecule has 47 heavy (non-hydrogen) atoms. The lowest BCUT2D eigenvalue weighted by atomic mass is 10.1. The van der Waals surface area contributed by atoms with Crippen LogP contribution >= 0.6 is 7.82 Å². The molecule has 0 aromatic heterocycles. The average Bonchev–Trinajstić information content (AvgIpc) is 3.01. The van der Waals surface area contributed by atoms with Gasteiger partial charge < -0.3 is 19.8 Å². The number of quaternary nitrogens is 1. The summed E-state index contributed by atoms with van der Waals surface area (Å²) in [5.41, 5.74) is 0. The quantitative estimate of drug-likeness (QED) is 0.0303. The first-order valence-electron chi connectivity index (χ1n) is 17.8. The third kappa shape index (κ3) is 32.3. The third-order valence-electron chi connectivity index (χ3n) is 7.16. The third-order valence-corrected chi connectivity index (χ3v) is 8.14. The van der Waals surface area contributed by atoms with Crippen LogP contribution in [0, 0.1) is 0 Å². The normalized spacial score (nSPS) is 15.6. The van der Waals surface area contributed by atoms with E-state index in [0.29, 0.717) is 23.9 Å². The number of likely N-dealkylation sites (N-methyl/N-ethyl adjacent to an activating group) is 1. The van der Waals surface area contributed by atoms with Gasteiger partial charge in [-0.3, -0.25) is 13.8 Å². The Kier molecular flexibility index (Phi) is 28.7. The number of hydrogen-bond donors (Lipinski definition) is 3. The molecule has 270 valence electrons. The predicted octanol–water partition coefficient (Wildman–Crippen LogP) is 8.90. The van der Waals surface area contributed by atoms with Crippen molar-refractivity contribution in [1.29, 1.82) is 0 Å². The first kappa shape index (κ1) is 44.9. The fourth-order valence-corrected chi connectivity index (χ4v) is 5.01. The van der Waals surface area contributed by atoms with Gasteiger partial charge in [0.05, 0.1) is 39.9 Å². The van der Waals surface area contributed by atoms with E-state index in [1.165, 1.54) is 25.7 Å². The monoisotopic (exact) mass is 679 g/mol. The van der Waals surface area contributed by atoms with Crippen molar-refractivity contribution in [1.82, 2.24) is 5.32 Å². The number of allylic oxidation sites excluding steroid dienone is 11. The minimum absolute atomic E-state index is 0.0438. The number of nitrogens with zero attached hydrogens (tertiary/aromatic N) is 1. The van der Waals surface area contributed by atoms with Crippen LogP contribution in [-0.2, 0) is 18.4 Å². The lowest BCUT2D eigenvalue weighted by Crippen LogP contribution is -2.45. The molecule has 0 heterocycles. The summed E-state index contributed by atoms with van der Waals surface area (Å²) in [4.78, 5) is 22.9. The van der Waals surface area contributed by atoms with Gasteiger partial charge in [0.2, 0.25) is 5.91 Å². The van der Waals surface area contributed by atoms with E-state index in [-0.39, 0.29) is 19.1 Å². The van der Waals surface area contributed by atoms with Crippen molar-refractivity contribution in [2.75, 3.05) is 40.9 Å². The van der Waals surface area contributed by atoms with E-state index in [1.807, 2.05) is 27.2 Å². The number of phosphoric ester groups is 1. The summed E-state index contributed by atoms with van der Waals surface area (Å²) in [6.07, 6.45) is 38.4. The molecule has 3 atom stereocenters. The lowest BCUT2D eigenvalue weighted by Gasteiger charge is -2.25. The molecule has 0 saturated heterocycles. The average molecular weight is 680 g/mol. The van der Waals surface area contributed by atoms with Crippen LogP contribution in [-0.4, -0.2) is 73.4 Å². The van der Waals surface area contributed by atoms with Gasteiger partial charge in [-0.1, -0.05) is 106 Å². The Morgan fingerprint density at radius 1 is 0.745 bits per heavy atom. The van der Waals surface area contributed by atoms with Gasteiger partial charge in [0.25, 0.3) is 0 Å². The van der Waals surface area contributed by atoms with Crippen molar-refractivity contribution < 1.29 is 32.9 Å². The molecular weight excluding hydrogens is 611 g/mol. The minimum Gasteiger partial charge on any atom is -0.387 e. The van der Waals surface area contributed by atoms with Crippen LogP contribution in [0.2, 0.25) is 0 Å². The highest BCUT2D eigenvalue weighted by Crippen LogP contribution is 2.43. The second kappa shape index (κ2) is 30.0. The highest BCUT2D eigenvalue weighted by Gasteiger charge is 2.27. The number of hydrogen-bond acceptors (Lipinski definition) is 5. The highest BCUT2D eigenvalue weighted by molar-refractivity contribution is 7.47. The molecule has 0 saturated carbocycles. The standard InChI is InChI=1S/C38H67N2O6P/c1-6-8-10-12-14-16-18-19-20-21-22-24-26-28-30-32-38(42)39-36(35-46-47(43,44)45-34-33-40(3,4)5)37(41)31-29-27-25-23-17-15-13-11-9-7-2/h8,10,14,16-17,19-20,22-24,29,31,36-37,41H,6-7,9,11-13,15,18,21,25-28,30,32-35H2,1-5H3,(H-,39,42,43,44)/p+1/b10-8-,16-14-,20-19-,23-17+,24-22-,31-29+. The summed E-state index contributed by atoms with van der Waals surface area (Å²) < 4.78 is 23.3. The molecule has 0 aliphatic heterocycles. The van der Waals surface area contributed by atoms with Crippen molar-refractivity contribution in [2.45, 2.75) is 122 Å². The van der Waals surface area contributed by atoms with Crippen molar-refractivity contribution >= 4 is 13.7 Å². The molecule has 8 nitrogen and oxygen atoms in total. The molecule has 0 fully saturated rings. The van der Waals surface area contributed by atoms with Crippen LogP contribution in [0.5, 0.6) is 0 Å². The van der Waals surface area contributed by atoms with E-state index >= 15 is 0 Å². The van der Waals surface area contributed by atoms with Gasteiger partial charge in [0, 0.05) is 6.42 Å². The molecule has 1 amide bonds. The van der Waals surface area contributed by atoms with E-state index in [4.69, 9.17) is 9.05 Å². The number of nitrogens with one attached hydrogen (secondary N) is 1. The molecule has 0 rings (SSSR count). The summed E-state index contributed by atoms with van der Waals surface area (Å²) in [6.45, 7) is 4.55. The maximum Gasteiger partial charge on any atom is 0.472 e. The van der Waals surface area contributed by atoms with E-state index in [2.05, 4.69) is 79.9 Å². The largest absolute Gasteiger partial charge is 0.472 e. The molecule has 0 aliphatic rings. The zero-order chi connectivity index (χ0) is 35.1. The molecule has 0 spiro atoms. The summed E-state index contributed by atoms with van der Waals surface area (Å²) in [6, 6.07) is -0.885. The first-order chi connectivity index (χ1) is 22.5. The fourth-order valence-electron chi connectivity index (χ4n) is 4.28. The molecule has 3 unspecified atom stereocenters.